The lowest BCUT2D eigenvalue weighted by molar-refractivity contribution is 0.0950. The number of amides is 1. The standard InChI is InChI=1S/C22H18N4O4S/c27-21(17-13-25-22-23-9-10-26(22)14-17)24-12-15-4-6-18(7-5-15)31(28,29)19-3-1-2-16-8-11-30-20(16)19/h1-7,9-10,13-14H,8,11-12H2,(H,24,27). The number of imidazole rings is 1. The van der Waals surface area contributed by atoms with Crippen molar-refractivity contribution < 1.29 is 17.9 Å². The molecule has 156 valence electrons. The lowest BCUT2D eigenvalue weighted by Gasteiger charge is -2.10. The number of carbonyl (C=O) groups excluding carboxylic acids is 1. The smallest absolute Gasteiger partial charge is 0.254 e. The molecule has 3 heterocycles. The molecule has 1 amide bonds. The van der Waals surface area contributed by atoms with Crippen LogP contribution in [0.4, 0.5) is 0 Å². The van der Waals surface area contributed by atoms with Crippen molar-refractivity contribution in [2.24, 2.45) is 0 Å². The molecule has 0 fully saturated rings. The van der Waals surface area contributed by atoms with E-state index in [9.17, 15) is 13.2 Å². The van der Waals surface area contributed by atoms with Crippen LogP contribution in [-0.2, 0) is 22.8 Å². The first-order valence-corrected chi connectivity index (χ1v) is 11.2. The van der Waals surface area contributed by atoms with Crippen LogP contribution in [0.15, 0.2) is 77.0 Å². The summed E-state index contributed by atoms with van der Waals surface area (Å²) in [5.74, 6) is 0.682. The molecular weight excluding hydrogens is 416 g/mol. The number of para-hydroxylation sites is 1. The number of hydrogen-bond donors (Lipinski definition) is 1. The molecule has 1 N–H and O–H groups in total. The predicted octanol–water partition coefficient (Wildman–Crippen LogP) is 2.43. The van der Waals surface area contributed by atoms with Crippen molar-refractivity contribution in [3.8, 4) is 5.75 Å². The van der Waals surface area contributed by atoms with Crippen molar-refractivity contribution in [2.75, 3.05) is 6.61 Å². The van der Waals surface area contributed by atoms with E-state index in [0.29, 0.717) is 30.1 Å². The average Bonchev–Trinajstić information content (AvgIpc) is 3.46. The van der Waals surface area contributed by atoms with Gasteiger partial charge in [0.2, 0.25) is 15.6 Å². The minimum atomic E-state index is -3.70. The van der Waals surface area contributed by atoms with Crippen molar-refractivity contribution in [3.05, 3.63) is 83.9 Å². The van der Waals surface area contributed by atoms with Crippen LogP contribution < -0.4 is 10.1 Å². The highest BCUT2D eigenvalue weighted by Gasteiger charge is 2.26. The number of rotatable bonds is 5. The molecule has 0 unspecified atom stereocenters. The molecule has 1 aliphatic rings. The summed E-state index contributed by atoms with van der Waals surface area (Å²) in [6, 6.07) is 11.7. The van der Waals surface area contributed by atoms with Crippen LogP contribution in [0.5, 0.6) is 5.75 Å². The van der Waals surface area contributed by atoms with E-state index >= 15 is 0 Å². The highest BCUT2D eigenvalue weighted by Crippen LogP contribution is 2.35. The first-order valence-electron chi connectivity index (χ1n) is 9.68. The molecule has 0 bridgehead atoms. The van der Waals surface area contributed by atoms with E-state index in [4.69, 9.17) is 4.74 Å². The normalized spacial score (nSPS) is 13.0. The summed E-state index contributed by atoms with van der Waals surface area (Å²) in [5, 5.41) is 2.81. The zero-order chi connectivity index (χ0) is 21.4. The van der Waals surface area contributed by atoms with Gasteiger partial charge in [0.05, 0.1) is 17.1 Å². The third-order valence-corrected chi connectivity index (χ3v) is 6.96. The van der Waals surface area contributed by atoms with E-state index < -0.39 is 9.84 Å². The van der Waals surface area contributed by atoms with Gasteiger partial charge in [-0.3, -0.25) is 9.20 Å². The number of aromatic nitrogens is 3. The van der Waals surface area contributed by atoms with Gasteiger partial charge in [0.15, 0.2) is 0 Å². The molecule has 4 aromatic rings. The lowest BCUT2D eigenvalue weighted by Crippen LogP contribution is -2.23. The number of fused-ring (bicyclic) bond motifs is 2. The van der Waals surface area contributed by atoms with Gasteiger partial charge in [-0.1, -0.05) is 24.3 Å². The Morgan fingerprint density at radius 3 is 2.81 bits per heavy atom. The van der Waals surface area contributed by atoms with Gasteiger partial charge in [-0.15, -0.1) is 0 Å². The Morgan fingerprint density at radius 1 is 1.13 bits per heavy atom. The van der Waals surface area contributed by atoms with E-state index in [1.807, 2.05) is 6.07 Å². The molecule has 0 atom stereocenters. The molecule has 9 heteroatoms. The Hall–Kier alpha value is -3.72. The summed E-state index contributed by atoms with van der Waals surface area (Å²) in [4.78, 5) is 20.9. The molecule has 0 saturated carbocycles. The molecule has 0 spiro atoms. The zero-order valence-corrected chi connectivity index (χ0v) is 17.2. The van der Waals surface area contributed by atoms with Crippen LogP contribution in [0.1, 0.15) is 21.5 Å². The van der Waals surface area contributed by atoms with Gasteiger partial charge in [0.1, 0.15) is 10.6 Å². The van der Waals surface area contributed by atoms with Crippen molar-refractivity contribution in [1.29, 1.82) is 0 Å². The summed E-state index contributed by atoms with van der Waals surface area (Å²) in [7, 11) is -3.70. The van der Waals surface area contributed by atoms with Crippen LogP contribution in [-0.4, -0.2) is 35.3 Å². The second kappa shape index (κ2) is 7.51. The van der Waals surface area contributed by atoms with E-state index in [-0.39, 0.29) is 22.2 Å². The molecule has 5 rings (SSSR count). The Kier molecular flexibility index (Phi) is 4.67. The second-order valence-electron chi connectivity index (χ2n) is 7.15. The molecule has 0 aliphatic carbocycles. The molecular formula is C22H18N4O4S. The molecule has 1 aliphatic heterocycles. The van der Waals surface area contributed by atoms with E-state index in [2.05, 4.69) is 15.3 Å². The van der Waals surface area contributed by atoms with Gasteiger partial charge in [0, 0.05) is 37.8 Å². The van der Waals surface area contributed by atoms with Crippen LogP contribution in [0.2, 0.25) is 0 Å². The number of ether oxygens (including phenoxy) is 1. The Balaban J connectivity index is 1.31. The lowest BCUT2D eigenvalue weighted by atomic mass is 10.2. The largest absolute Gasteiger partial charge is 0.492 e. The van der Waals surface area contributed by atoms with Crippen molar-refractivity contribution in [3.63, 3.8) is 0 Å². The maximum absolute atomic E-state index is 13.1. The molecule has 31 heavy (non-hydrogen) atoms. The summed E-state index contributed by atoms with van der Waals surface area (Å²) in [6.45, 7) is 0.745. The maximum Gasteiger partial charge on any atom is 0.254 e. The third kappa shape index (κ3) is 3.53. The molecule has 2 aromatic heterocycles. The van der Waals surface area contributed by atoms with Crippen LogP contribution in [0.25, 0.3) is 5.78 Å². The summed E-state index contributed by atoms with van der Waals surface area (Å²) in [5.41, 5.74) is 2.09. The SMILES string of the molecule is O=C(NCc1ccc(S(=O)(=O)c2cccc3c2OCC3)cc1)c1cnc2nccn2c1. The number of nitrogens with one attached hydrogen (secondary N) is 1. The second-order valence-corrected chi connectivity index (χ2v) is 9.07. The number of sulfone groups is 1. The van der Waals surface area contributed by atoms with E-state index in [1.165, 1.54) is 6.20 Å². The first kappa shape index (κ1) is 19.3. The van der Waals surface area contributed by atoms with Gasteiger partial charge in [-0.05, 0) is 29.3 Å². The van der Waals surface area contributed by atoms with Gasteiger partial charge in [-0.25, -0.2) is 18.4 Å². The predicted molar refractivity (Wildman–Crippen MR) is 112 cm³/mol. The van der Waals surface area contributed by atoms with E-state index in [0.717, 1.165) is 11.1 Å². The fraction of sp³-hybridized carbons (Fsp3) is 0.136. The van der Waals surface area contributed by atoms with Gasteiger partial charge in [0.25, 0.3) is 5.91 Å². The number of carbonyl (C=O) groups is 1. The molecule has 2 aromatic carbocycles. The molecule has 0 saturated heterocycles. The minimum Gasteiger partial charge on any atom is -0.492 e. The third-order valence-electron chi connectivity index (χ3n) is 5.16. The highest BCUT2D eigenvalue weighted by atomic mass is 32.2. The Bertz CT molecular complexity index is 1390. The van der Waals surface area contributed by atoms with Crippen molar-refractivity contribution >= 4 is 21.5 Å². The topological polar surface area (TPSA) is 103 Å². The highest BCUT2D eigenvalue weighted by molar-refractivity contribution is 7.91. The van der Waals surface area contributed by atoms with Crippen molar-refractivity contribution in [2.45, 2.75) is 22.8 Å². The summed E-state index contributed by atoms with van der Waals surface area (Å²) in [6.07, 6.45) is 7.15. The van der Waals surface area contributed by atoms with Gasteiger partial charge in [-0.2, -0.15) is 0 Å². The van der Waals surface area contributed by atoms with Crippen LogP contribution >= 0.6 is 0 Å². The molecule has 0 radical (unpaired) electrons. The number of nitrogens with zero attached hydrogens (tertiary/aromatic N) is 3. The first-order chi connectivity index (χ1) is 15.0. The Morgan fingerprint density at radius 2 is 1.97 bits per heavy atom. The summed E-state index contributed by atoms with van der Waals surface area (Å²) >= 11 is 0. The van der Waals surface area contributed by atoms with Crippen LogP contribution in [0, 0.1) is 0 Å². The maximum atomic E-state index is 13.1. The quantitative estimate of drug-likeness (QED) is 0.518. The fourth-order valence-corrected chi connectivity index (χ4v) is 4.97. The average molecular weight is 434 g/mol. The van der Waals surface area contributed by atoms with Gasteiger partial charge >= 0.3 is 0 Å². The molecule has 8 nitrogen and oxygen atoms in total. The zero-order valence-electron chi connectivity index (χ0n) is 16.4. The minimum absolute atomic E-state index is 0.182. The van der Waals surface area contributed by atoms with E-state index in [1.54, 1.807) is 59.4 Å². The number of hydrogen-bond acceptors (Lipinski definition) is 6. The monoisotopic (exact) mass is 434 g/mol. The van der Waals surface area contributed by atoms with Gasteiger partial charge < -0.3 is 10.1 Å². The van der Waals surface area contributed by atoms with Crippen LogP contribution in [0.3, 0.4) is 0 Å². The summed E-state index contributed by atoms with van der Waals surface area (Å²) < 4.78 is 33.4. The fourth-order valence-electron chi connectivity index (χ4n) is 3.53. The number of benzene rings is 2. The van der Waals surface area contributed by atoms with Crippen molar-refractivity contribution in [1.82, 2.24) is 19.7 Å². The Labute approximate surface area is 178 Å².